The van der Waals surface area contributed by atoms with E-state index in [4.69, 9.17) is 11.3 Å². The summed E-state index contributed by atoms with van der Waals surface area (Å²) in [7, 11) is 0. The van der Waals surface area contributed by atoms with Gasteiger partial charge in [0.2, 0.25) is 0 Å². The summed E-state index contributed by atoms with van der Waals surface area (Å²) in [6.45, 7) is 0.656. The summed E-state index contributed by atoms with van der Waals surface area (Å²) >= 11 is 0. The van der Waals surface area contributed by atoms with Crippen molar-refractivity contribution >= 4 is 0 Å². The van der Waals surface area contributed by atoms with Crippen LogP contribution >= 0.6 is 0 Å². The van der Waals surface area contributed by atoms with Gasteiger partial charge in [-0.25, -0.2) is 0 Å². The third-order valence-corrected chi connectivity index (χ3v) is 2.29. The molecule has 1 aliphatic carbocycles. The van der Waals surface area contributed by atoms with Gasteiger partial charge in [-0.15, -0.1) is 0 Å². The van der Waals surface area contributed by atoms with E-state index in [0.29, 0.717) is 18.5 Å². The minimum atomic E-state index is 0.386. The molecule has 0 bridgehead atoms. The van der Waals surface area contributed by atoms with Gasteiger partial charge in [0.15, 0.2) is 0 Å². The van der Waals surface area contributed by atoms with Crippen LogP contribution in [0.25, 0.3) is 10.4 Å². The second-order valence-corrected chi connectivity index (χ2v) is 3.19. The fourth-order valence-electron chi connectivity index (χ4n) is 1.52. The average molecular weight is 154 g/mol. The fraction of sp³-hybridized carbons (Fsp3) is 1.00. The van der Waals surface area contributed by atoms with Crippen LogP contribution in [-0.4, -0.2) is 12.6 Å². The standard InChI is InChI=1S/C7H14N4/c8-7-3-1-6(2-4-7)5-10-11-9/h6-7H,1-5,8H2/t6-,7-. The van der Waals surface area contributed by atoms with E-state index in [0.717, 1.165) is 25.7 Å². The van der Waals surface area contributed by atoms with E-state index >= 15 is 0 Å². The molecule has 1 fully saturated rings. The zero-order chi connectivity index (χ0) is 8.10. The number of rotatable bonds is 2. The topological polar surface area (TPSA) is 74.8 Å². The Morgan fingerprint density at radius 1 is 1.36 bits per heavy atom. The highest BCUT2D eigenvalue weighted by atomic mass is 15.1. The first kappa shape index (κ1) is 8.37. The lowest BCUT2D eigenvalue weighted by Crippen LogP contribution is -2.27. The molecule has 1 rings (SSSR count). The second kappa shape index (κ2) is 4.21. The van der Waals surface area contributed by atoms with Crippen LogP contribution in [0.1, 0.15) is 25.7 Å². The van der Waals surface area contributed by atoms with Gasteiger partial charge in [-0.1, -0.05) is 5.11 Å². The van der Waals surface area contributed by atoms with E-state index in [1.165, 1.54) is 0 Å². The Morgan fingerprint density at radius 3 is 2.55 bits per heavy atom. The highest BCUT2D eigenvalue weighted by Crippen LogP contribution is 2.23. The van der Waals surface area contributed by atoms with Gasteiger partial charge in [-0.3, -0.25) is 0 Å². The van der Waals surface area contributed by atoms with Crippen molar-refractivity contribution in [1.82, 2.24) is 0 Å². The fourth-order valence-corrected chi connectivity index (χ4v) is 1.52. The molecule has 0 aromatic carbocycles. The van der Waals surface area contributed by atoms with Crippen molar-refractivity contribution in [2.24, 2.45) is 16.8 Å². The zero-order valence-electron chi connectivity index (χ0n) is 6.61. The molecule has 0 unspecified atom stereocenters. The van der Waals surface area contributed by atoms with Crippen molar-refractivity contribution in [3.8, 4) is 0 Å². The summed E-state index contributed by atoms with van der Waals surface area (Å²) in [4.78, 5) is 2.74. The van der Waals surface area contributed by atoms with Crippen molar-refractivity contribution < 1.29 is 0 Å². The average Bonchev–Trinajstić information content (AvgIpc) is 2.04. The summed E-state index contributed by atoms with van der Waals surface area (Å²) in [5.41, 5.74) is 13.8. The molecular weight excluding hydrogens is 140 g/mol. The lowest BCUT2D eigenvalue weighted by atomic mass is 9.87. The van der Waals surface area contributed by atoms with Crippen molar-refractivity contribution in [3.63, 3.8) is 0 Å². The van der Waals surface area contributed by atoms with E-state index in [1.807, 2.05) is 0 Å². The third kappa shape index (κ3) is 2.78. The van der Waals surface area contributed by atoms with Gasteiger partial charge in [0.25, 0.3) is 0 Å². The van der Waals surface area contributed by atoms with Gasteiger partial charge in [0.1, 0.15) is 0 Å². The van der Waals surface area contributed by atoms with Crippen LogP contribution in [-0.2, 0) is 0 Å². The quantitative estimate of drug-likeness (QED) is 0.367. The highest BCUT2D eigenvalue weighted by molar-refractivity contribution is 4.75. The predicted molar refractivity (Wildman–Crippen MR) is 43.9 cm³/mol. The molecule has 0 saturated heterocycles. The SMILES string of the molecule is [N-]=[N+]=NC[C@H]1CC[C@H](N)CC1. The molecule has 1 saturated carbocycles. The number of hydrogen-bond acceptors (Lipinski definition) is 2. The van der Waals surface area contributed by atoms with Crippen LogP contribution in [0.3, 0.4) is 0 Å². The molecule has 4 nitrogen and oxygen atoms in total. The molecule has 0 aromatic rings. The summed E-state index contributed by atoms with van der Waals surface area (Å²) in [5, 5.41) is 3.56. The predicted octanol–water partition coefficient (Wildman–Crippen LogP) is 1.81. The molecule has 0 amide bonds. The molecule has 0 aliphatic heterocycles. The molecule has 0 heterocycles. The van der Waals surface area contributed by atoms with Gasteiger partial charge in [-0.05, 0) is 37.1 Å². The Hall–Kier alpha value is -0.730. The first-order valence-corrected chi connectivity index (χ1v) is 4.09. The number of nitrogens with zero attached hydrogens (tertiary/aromatic N) is 3. The Kier molecular flexibility index (Phi) is 3.20. The molecule has 2 N–H and O–H groups in total. The maximum absolute atomic E-state index is 8.08. The molecule has 0 radical (unpaired) electrons. The molecule has 62 valence electrons. The smallest absolute Gasteiger partial charge is 0.0286 e. The molecule has 1 aliphatic rings. The largest absolute Gasteiger partial charge is 0.328 e. The van der Waals surface area contributed by atoms with Crippen LogP contribution in [0.4, 0.5) is 0 Å². The van der Waals surface area contributed by atoms with E-state index in [1.54, 1.807) is 0 Å². The molecular formula is C7H14N4. The van der Waals surface area contributed by atoms with Crippen LogP contribution in [0.15, 0.2) is 5.11 Å². The van der Waals surface area contributed by atoms with Crippen LogP contribution in [0.2, 0.25) is 0 Å². The van der Waals surface area contributed by atoms with Gasteiger partial charge in [0.05, 0.1) is 0 Å². The summed E-state index contributed by atoms with van der Waals surface area (Å²) in [6, 6.07) is 0.386. The number of hydrogen-bond donors (Lipinski definition) is 1. The third-order valence-electron chi connectivity index (χ3n) is 2.29. The van der Waals surface area contributed by atoms with E-state index in [-0.39, 0.29) is 0 Å². The maximum Gasteiger partial charge on any atom is 0.0286 e. The van der Waals surface area contributed by atoms with Gasteiger partial charge < -0.3 is 5.73 Å². The molecule has 0 atom stereocenters. The summed E-state index contributed by atoms with van der Waals surface area (Å²) in [6.07, 6.45) is 4.43. The highest BCUT2D eigenvalue weighted by Gasteiger charge is 2.17. The van der Waals surface area contributed by atoms with Crippen molar-refractivity contribution in [1.29, 1.82) is 0 Å². The normalized spacial score (nSPS) is 31.0. The zero-order valence-corrected chi connectivity index (χ0v) is 6.61. The van der Waals surface area contributed by atoms with E-state index in [2.05, 4.69) is 10.0 Å². The van der Waals surface area contributed by atoms with Crippen LogP contribution < -0.4 is 5.73 Å². The summed E-state index contributed by atoms with van der Waals surface area (Å²) < 4.78 is 0. The number of azide groups is 1. The molecule has 0 aromatic heterocycles. The molecule has 0 spiro atoms. The minimum absolute atomic E-state index is 0.386. The Balaban J connectivity index is 2.22. The Labute approximate surface area is 66.4 Å². The van der Waals surface area contributed by atoms with Crippen molar-refractivity contribution in [2.75, 3.05) is 6.54 Å². The monoisotopic (exact) mass is 154 g/mol. The first-order valence-electron chi connectivity index (χ1n) is 4.09. The molecule has 11 heavy (non-hydrogen) atoms. The first-order chi connectivity index (χ1) is 5.33. The summed E-state index contributed by atoms with van der Waals surface area (Å²) in [5.74, 6) is 0.589. The second-order valence-electron chi connectivity index (χ2n) is 3.19. The Morgan fingerprint density at radius 2 is 2.00 bits per heavy atom. The van der Waals surface area contributed by atoms with E-state index in [9.17, 15) is 0 Å². The van der Waals surface area contributed by atoms with E-state index < -0.39 is 0 Å². The minimum Gasteiger partial charge on any atom is -0.328 e. The lowest BCUT2D eigenvalue weighted by Gasteiger charge is -2.24. The number of nitrogens with two attached hydrogens (primary N) is 1. The van der Waals surface area contributed by atoms with Crippen molar-refractivity contribution in [3.05, 3.63) is 10.4 Å². The van der Waals surface area contributed by atoms with Crippen molar-refractivity contribution in [2.45, 2.75) is 31.7 Å². The van der Waals surface area contributed by atoms with Gasteiger partial charge in [-0.2, -0.15) is 0 Å². The van der Waals surface area contributed by atoms with Crippen LogP contribution in [0.5, 0.6) is 0 Å². The van der Waals surface area contributed by atoms with Gasteiger partial charge in [0, 0.05) is 17.5 Å². The molecule has 4 heteroatoms. The Bertz CT molecular complexity index is 154. The lowest BCUT2D eigenvalue weighted by molar-refractivity contribution is 0.333. The maximum atomic E-state index is 8.08. The van der Waals surface area contributed by atoms with Crippen LogP contribution in [0, 0.1) is 5.92 Å². The van der Waals surface area contributed by atoms with Gasteiger partial charge >= 0.3 is 0 Å².